The first-order valence-corrected chi connectivity index (χ1v) is 9.16. The largest absolute Gasteiger partial charge is 0.355 e. The van der Waals surface area contributed by atoms with Crippen molar-refractivity contribution in [1.29, 1.82) is 0 Å². The van der Waals surface area contributed by atoms with E-state index in [1.54, 1.807) is 11.3 Å². The van der Waals surface area contributed by atoms with Gasteiger partial charge in [-0.25, -0.2) is 4.98 Å². The second-order valence-electron chi connectivity index (χ2n) is 6.48. The van der Waals surface area contributed by atoms with Crippen molar-refractivity contribution in [3.8, 4) is 0 Å². The third-order valence-corrected chi connectivity index (χ3v) is 5.51. The van der Waals surface area contributed by atoms with Crippen LogP contribution < -0.4 is 10.2 Å². The molecule has 1 saturated carbocycles. The molecule has 1 unspecified atom stereocenters. The van der Waals surface area contributed by atoms with Gasteiger partial charge in [-0.05, 0) is 31.6 Å². The molecule has 0 aromatic carbocycles. The molecule has 1 N–H and O–H groups in total. The van der Waals surface area contributed by atoms with E-state index in [0.29, 0.717) is 0 Å². The molecular weight excluding hydrogens is 280 g/mol. The van der Waals surface area contributed by atoms with Crippen LogP contribution in [0.1, 0.15) is 44.7 Å². The lowest BCUT2D eigenvalue weighted by Crippen LogP contribution is -2.24. The van der Waals surface area contributed by atoms with Crippen molar-refractivity contribution in [2.45, 2.75) is 51.6 Å². The van der Waals surface area contributed by atoms with Gasteiger partial charge in [0.15, 0.2) is 10.8 Å². The predicted octanol–water partition coefficient (Wildman–Crippen LogP) is 3.27. The van der Waals surface area contributed by atoms with Gasteiger partial charge < -0.3 is 10.2 Å². The van der Waals surface area contributed by atoms with E-state index in [1.807, 2.05) is 0 Å². The zero-order valence-electron chi connectivity index (χ0n) is 12.7. The van der Waals surface area contributed by atoms with Crippen LogP contribution >= 0.6 is 11.3 Å². The van der Waals surface area contributed by atoms with E-state index in [1.165, 1.54) is 56.7 Å². The summed E-state index contributed by atoms with van der Waals surface area (Å²) in [6, 6.07) is 0.744. The molecular formula is C16H24N4S. The summed E-state index contributed by atoms with van der Waals surface area (Å²) < 4.78 is 2.28. The number of imidazole rings is 1. The Labute approximate surface area is 130 Å². The molecule has 3 heterocycles. The maximum absolute atomic E-state index is 4.92. The van der Waals surface area contributed by atoms with Crippen LogP contribution in [-0.4, -0.2) is 28.5 Å². The number of hydrogen-bond donors (Lipinski definition) is 1. The Hall–Kier alpha value is -1.07. The molecule has 0 spiro atoms. The summed E-state index contributed by atoms with van der Waals surface area (Å²) in [5.41, 5.74) is 1.36. The molecule has 1 aliphatic carbocycles. The Morgan fingerprint density at radius 3 is 3.10 bits per heavy atom. The molecule has 4 nitrogen and oxygen atoms in total. The number of fused-ring (bicyclic) bond motifs is 1. The zero-order chi connectivity index (χ0) is 14.2. The Bertz CT molecular complexity index is 613. The van der Waals surface area contributed by atoms with Crippen molar-refractivity contribution in [2.24, 2.45) is 5.92 Å². The number of nitrogens with one attached hydrogen (secondary N) is 1. The molecule has 1 atom stereocenters. The van der Waals surface area contributed by atoms with Gasteiger partial charge in [0, 0.05) is 37.3 Å². The van der Waals surface area contributed by atoms with Gasteiger partial charge in [0.1, 0.15) is 0 Å². The number of aromatic nitrogens is 2. The van der Waals surface area contributed by atoms with Crippen LogP contribution in [0.3, 0.4) is 0 Å². The van der Waals surface area contributed by atoms with Crippen LogP contribution in [0.25, 0.3) is 4.96 Å². The molecule has 2 fully saturated rings. The fraction of sp³-hybridized carbons (Fsp3) is 0.688. The van der Waals surface area contributed by atoms with E-state index >= 15 is 0 Å². The van der Waals surface area contributed by atoms with Crippen LogP contribution in [0, 0.1) is 5.92 Å². The lowest BCUT2D eigenvalue weighted by atomic mass is 10.0. The fourth-order valence-corrected chi connectivity index (χ4v) is 4.16. The summed E-state index contributed by atoms with van der Waals surface area (Å²) >= 11 is 1.74. The summed E-state index contributed by atoms with van der Waals surface area (Å²) in [5.74, 6) is 2.09. The highest BCUT2D eigenvalue weighted by Crippen LogP contribution is 2.31. The van der Waals surface area contributed by atoms with E-state index in [2.05, 4.69) is 33.1 Å². The SMILES string of the molecule is CCCC1CCN(c2nc3sccn3c2CNC2CC2)C1. The smallest absolute Gasteiger partial charge is 0.195 e. The monoisotopic (exact) mass is 304 g/mol. The number of nitrogens with zero attached hydrogens (tertiary/aromatic N) is 3. The van der Waals surface area contributed by atoms with Crippen LogP contribution in [-0.2, 0) is 6.54 Å². The average molecular weight is 304 g/mol. The van der Waals surface area contributed by atoms with E-state index in [0.717, 1.165) is 23.5 Å². The topological polar surface area (TPSA) is 32.6 Å². The Morgan fingerprint density at radius 2 is 2.29 bits per heavy atom. The highest BCUT2D eigenvalue weighted by molar-refractivity contribution is 7.15. The highest BCUT2D eigenvalue weighted by atomic mass is 32.1. The average Bonchev–Trinajstić information content (AvgIpc) is 2.87. The van der Waals surface area contributed by atoms with Crippen LogP contribution in [0.5, 0.6) is 0 Å². The van der Waals surface area contributed by atoms with E-state index in [4.69, 9.17) is 4.98 Å². The summed E-state index contributed by atoms with van der Waals surface area (Å²) in [6.07, 6.45) is 8.82. The lowest BCUT2D eigenvalue weighted by Gasteiger charge is -2.18. The van der Waals surface area contributed by atoms with Crippen molar-refractivity contribution < 1.29 is 0 Å². The first-order valence-electron chi connectivity index (χ1n) is 8.28. The van der Waals surface area contributed by atoms with E-state index in [-0.39, 0.29) is 0 Å². The van der Waals surface area contributed by atoms with E-state index in [9.17, 15) is 0 Å². The van der Waals surface area contributed by atoms with Crippen molar-refractivity contribution >= 4 is 22.1 Å². The van der Waals surface area contributed by atoms with Gasteiger partial charge in [0.2, 0.25) is 0 Å². The Balaban J connectivity index is 1.57. The van der Waals surface area contributed by atoms with Gasteiger partial charge in [-0.3, -0.25) is 4.40 Å². The quantitative estimate of drug-likeness (QED) is 0.889. The maximum atomic E-state index is 4.92. The second kappa shape index (κ2) is 5.61. The second-order valence-corrected chi connectivity index (χ2v) is 7.36. The predicted molar refractivity (Wildman–Crippen MR) is 88.2 cm³/mol. The number of rotatable bonds is 6. The van der Waals surface area contributed by atoms with Crippen LogP contribution in [0.4, 0.5) is 5.82 Å². The normalized spacial score (nSPS) is 22.5. The molecule has 2 aromatic rings. The number of anilines is 1. The molecule has 0 radical (unpaired) electrons. The summed E-state index contributed by atoms with van der Waals surface area (Å²) in [7, 11) is 0. The molecule has 4 rings (SSSR count). The lowest BCUT2D eigenvalue weighted by molar-refractivity contribution is 0.529. The Kier molecular flexibility index (Phi) is 3.63. The third kappa shape index (κ3) is 2.69. The van der Waals surface area contributed by atoms with Gasteiger partial charge in [-0.15, -0.1) is 11.3 Å². The van der Waals surface area contributed by atoms with Crippen molar-refractivity contribution in [3.05, 3.63) is 17.3 Å². The zero-order valence-corrected chi connectivity index (χ0v) is 13.5. The van der Waals surface area contributed by atoms with Crippen molar-refractivity contribution in [3.63, 3.8) is 0 Å². The molecule has 0 bridgehead atoms. The van der Waals surface area contributed by atoms with Gasteiger partial charge in [-0.1, -0.05) is 13.3 Å². The summed E-state index contributed by atoms with van der Waals surface area (Å²) in [4.78, 5) is 8.57. The van der Waals surface area contributed by atoms with Gasteiger partial charge in [0.05, 0.1) is 5.69 Å². The third-order valence-electron chi connectivity index (χ3n) is 4.76. The molecule has 2 aliphatic rings. The van der Waals surface area contributed by atoms with E-state index < -0.39 is 0 Å². The van der Waals surface area contributed by atoms with Gasteiger partial charge in [-0.2, -0.15) is 0 Å². The minimum atomic E-state index is 0.744. The first-order chi connectivity index (χ1) is 10.3. The van der Waals surface area contributed by atoms with Crippen LogP contribution in [0.2, 0.25) is 0 Å². The molecule has 21 heavy (non-hydrogen) atoms. The first kappa shape index (κ1) is 13.6. The Morgan fingerprint density at radius 1 is 1.38 bits per heavy atom. The van der Waals surface area contributed by atoms with Crippen molar-refractivity contribution in [2.75, 3.05) is 18.0 Å². The standard InChI is InChI=1S/C16H24N4S/c1-2-3-12-6-7-19(11-12)15-14(10-17-13-4-5-13)20-8-9-21-16(20)18-15/h8-9,12-13,17H,2-7,10-11H2,1H3. The summed E-state index contributed by atoms with van der Waals surface area (Å²) in [5, 5.41) is 5.79. The van der Waals surface area contributed by atoms with Crippen LogP contribution in [0.15, 0.2) is 11.6 Å². The summed E-state index contributed by atoms with van der Waals surface area (Å²) in [6.45, 7) is 5.61. The molecule has 114 valence electrons. The van der Waals surface area contributed by atoms with Crippen molar-refractivity contribution in [1.82, 2.24) is 14.7 Å². The molecule has 1 saturated heterocycles. The minimum absolute atomic E-state index is 0.744. The van der Waals surface area contributed by atoms with Gasteiger partial charge >= 0.3 is 0 Å². The molecule has 1 aliphatic heterocycles. The highest BCUT2D eigenvalue weighted by Gasteiger charge is 2.28. The number of hydrogen-bond acceptors (Lipinski definition) is 4. The maximum Gasteiger partial charge on any atom is 0.195 e. The molecule has 2 aromatic heterocycles. The molecule has 5 heteroatoms. The fourth-order valence-electron chi connectivity index (χ4n) is 3.44. The van der Waals surface area contributed by atoms with Gasteiger partial charge in [0.25, 0.3) is 0 Å². The molecule has 0 amide bonds. The number of thiazole rings is 1. The minimum Gasteiger partial charge on any atom is -0.355 e.